The maximum absolute atomic E-state index is 10.3. The van der Waals surface area contributed by atoms with Crippen LogP contribution in [0.2, 0.25) is 0 Å². The van der Waals surface area contributed by atoms with E-state index in [0.29, 0.717) is 13.1 Å². The third-order valence-corrected chi connectivity index (χ3v) is 1.15. The van der Waals surface area contributed by atoms with Gasteiger partial charge in [0.1, 0.15) is 12.7 Å². The Bertz CT molecular complexity index is 129. The number of hydrogen-bond acceptors (Lipinski definition) is 5. The number of hydrogen-bond donors (Lipinski definition) is 3. The Balaban J connectivity index is 3.21. The zero-order chi connectivity index (χ0) is 9.40. The summed E-state index contributed by atoms with van der Waals surface area (Å²) in [5.74, 6) is -0.406. The van der Waals surface area contributed by atoms with Crippen LogP contribution in [-0.2, 0) is 9.53 Å². The molecule has 0 aliphatic carbocycles. The Labute approximate surface area is 71.3 Å². The minimum atomic E-state index is -0.708. The molecule has 3 N–H and O–H groups in total. The van der Waals surface area contributed by atoms with Crippen molar-refractivity contribution in [3.05, 3.63) is 0 Å². The second kappa shape index (κ2) is 7.02. The minimum Gasteiger partial charge on any atom is -0.463 e. The van der Waals surface area contributed by atoms with Crippen LogP contribution in [0.1, 0.15) is 6.92 Å². The normalized spacial score (nSPS) is 12.6. The summed E-state index contributed by atoms with van der Waals surface area (Å²) in [4.78, 5) is 10.3. The number of esters is 1. The van der Waals surface area contributed by atoms with Crippen molar-refractivity contribution in [2.75, 3.05) is 26.3 Å². The lowest BCUT2D eigenvalue weighted by Crippen LogP contribution is -2.32. The summed E-state index contributed by atoms with van der Waals surface area (Å²) in [6, 6.07) is 0. The predicted octanol–water partition coefficient (Wildman–Crippen LogP) is -1.51. The monoisotopic (exact) mass is 177 g/mol. The van der Waals surface area contributed by atoms with Crippen LogP contribution in [0.3, 0.4) is 0 Å². The van der Waals surface area contributed by atoms with Crippen LogP contribution in [0.25, 0.3) is 0 Å². The first-order valence-electron chi connectivity index (χ1n) is 3.79. The quantitative estimate of drug-likeness (QED) is 0.339. The summed E-state index contributed by atoms with van der Waals surface area (Å²) in [6.07, 6.45) is -0.708. The number of aliphatic hydroxyl groups is 2. The largest absolute Gasteiger partial charge is 0.463 e. The molecule has 1 atom stereocenters. The maximum Gasteiger partial charge on any atom is 0.302 e. The molecule has 0 bridgehead atoms. The van der Waals surface area contributed by atoms with Crippen LogP contribution in [0.5, 0.6) is 0 Å². The molecule has 0 amide bonds. The smallest absolute Gasteiger partial charge is 0.302 e. The summed E-state index contributed by atoms with van der Waals surface area (Å²) in [5.41, 5.74) is 0. The Morgan fingerprint density at radius 1 is 1.67 bits per heavy atom. The van der Waals surface area contributed by atoms with Gasteiger partial charge in [-0.3, -0.25) is 4.79 Å². The van der Waals surface area contributed by atoms with Gasteiger partial charge >= 0.3 is 5.97 Å². The van der Waals surface area contributed by atoms with Gasteiger partial charge in [-0.1, -0.05) is 0 Å². The summed E-state index contributed by atoms with van der Waals surface area (Å²) in [6.45, 7) is 2.05. The van der Waals surface area contributed by atoms with Crippen LogP contribution >= 0.6 is 0 Å². The molecular weight excluding hydrogens is 162 g/mol. The zero-order valence-corrected chi connectivity index (χ0v) is 7.12. The lowest BCUT2D eigenvalue weighted by molar-refractivity contribution is -0.143. The molecule has 0 spiro atoms. The van der Waals surface area contributed by atoms with Crippen LogP contribution in [0.4, 0.5) is 0 Å². The van der Waals surface area contributed by atoms with Crippen molar-refractivity contribution < 1.29 is 19.7 Å². The van der Waals surface area contributed by atoms with Crippen molar-refractivity contribution in [1.29, 1.82) is 0 Å². The van der Waals surface area contributed by atoms with Crippen LogP contribution < -0.4 is 5.32 Å². The lowest BCUT2D eigenvalue weighted by Gasteiger charge is -2.10. The first-order valence-corrected chi connectivity index (χ1v) is 3.79. The van der Waals surface area contributed by atoms with Crippen molar-refractivity contribution in [2.45, 2.75) is 13.0 Å². The molecule has 1 unspecified atom stereocenters. The van der Waals surface area contributed by atoms with Crippen LogP contribution in [0, 0.1) is 0 Å². The first kappa shape index (κ1) is 11.4. The van der Waals surface area contributed by atoms with Crippen molar-refractivity contribution >= 4 is 5.97 Å². The van der Waals surface area contributed by atoms with Gasteiger partial charge in [-0.15, -0.1) is 0 Å². The van der Waals surface area contributed by atoms with Crippen molar-refractivity contribution in [2.24, 2.45) is 0 Å². The van der Waals surface area contributed by atoms with Crippen molar-refractivity contribution in [1.82, 2.24) is 5.32 Å². The van der Waals surface area contributed by atoms with E-state index in [1.54, 1.807) is 0 Å². The SMILES string of the molecule is CC(=O)OCC(O)CNCCO. The van der Waals surface area contributed by atoms with E-state index in [4.69, 9.17) is 10.2 Å². The van der Waals surface area contributed by atoms with E-state index >= 15 is 0 Å². The molecule has 0 saturated carbocycles. The molecule has 0 aromatic rings. The van der Waals surface area contributed by atoms with Gasteiger partial charge in [0.25, 0.3) is 0 Å². The minimum absolute atomic E-state index is 0.00619. The Hall–Kier alpha value is -0.650. The van der Waals surface area contributed by atoms with E-state index < -0.39 is 12.1 Å². The average Bonchev–Trinajstić information content (AvgIpc) is 2.01. The molecule has 0 radical (unpaired) electrons. The molecule has 0 aromatic heterocycles. The topological polar surface area (TPSA) is 78.8 Å². The van der Waals surface area contributed by atoms with Gasteiger partial charge in [-0.05, 0) is 0 Å². The van der Waals surface area contributed by atoms with E-state index in [0.717, 1.165) is 0 Å². The van der Waals surface area contributed by atoms with E-state index in [1.807, 2.05) is 0 Å². The van der Waals surface area contributed by atoms with E-state index in [-0.39, 0.29) is 13.2 Å². The fourth-order valence-corrected chi connectivity index (χ4v) is 0.620. The van der Waals surface area contributed by atoms with Gasteiger partial charge in [0, 0.05) is 20.0 Å². The molecule has 12 heavy (non-hydrogen) atoms. The van der Waals surface area contributed by atoms with Gasteiger partial charge in [-0.25, -0.2) is 0 Å². The highest BCUT2D eigenvalue weighted by atomic mass is 16.5. The van der Waals surface area contributed by atoms with E-state index in [9.17, 15) is 4.79 Å². The molecule has 0 fully saturated rings. The van der Waals surface area contributed by atoms with Crippen LogP contribution in [0.15, 0.2) is 0 Å². The first-order chi connectivity index (χ1) is 5.66. The fourth-order valence-electron chi connectivity index (χ4n) is 0.620. The fraction of sp³-hybridized carbons (Fsp3) is 0.857. The number of aliphatic hydroxyl groups excluding tert-OH is 2. The van der Waals surface area contributed by atoms with E-state index in [1.165, 1.54) is 6.92 Å². The second-order valence-corrected chi connectivity index (χ2v) is 2.38. The zero-order valence-electron chi connectivity index (χ0n) is 7.12. The Morgan fingerprint density at radius 3 is 2.83 bits per heavy atom. The number of nitrogens with one attached hydrogen (secondary N) is 1. The van der Waals surface area contributed by atoms with Gasteiger partial charge in [-0.2, -0.15) is 0 Å². The molecule has 0 aliphatic heterocycles. The molecule has 0 aliphatic rings. The highest BCUT2D eigenvalue weighted by Gasteiger charge is 2.04. The van der Waals surface area contributed by atoms with Crippen molar-refractivity contribution in [3.8, 4) is 0 Å². The second-order valence-electron chi connectivity index (χ2n) is 2.38. The molecule has 0 aromatic carbocycles. The Kier molecular flexibility index (Phi) is 6.64. The lowest BCUT2D eigenvalue weighted by atomic mass is 10.4. The third kappa shape index (κ3) is 7.46. The summed E-state index contributed by atoms with van der Waals surface area (Å²) >= 11 is 0. The number of ether oxygens (including phenoxy) is 1. The molecule has 0 saturated heterocycles. The predicted molar refractivity (Wildman–Crippen MR) is 42.6 cm³/mol. The van der Waals surface area contributed by atoms with Gasteiger partial charge in [0.2, 0.25) is 0 Å². The molecule has 0 heterocycles. The third-order valence-electron chi connectivity index (χ3n) is 1.15. The van der Waals surface area contributed by atoms with E-state index in [2.05, 4.69) is 10.1 Å². The number of carbonyl (C=O) groups excluding carboxylic acids is 1. The molecule has 5 nitrogen and oxygen atoms in total. The standard InChI is InChI=1S/C7H15NO4/c1-6(10)12-5-7(11)4-8-2-3-9/h7-9,11H,2-5H2,1H3. The van der Waals surface area contributed by atoms with Gasteiger partial charge < -0.3 is 20.3 Å². The number of rotatable bonds is 6. The van der Waals surface area contributed by atoms with Crippen LogP contribution in [-0.4, -0.2) is 48.6 Å². The molecule has 72 valence electrons. The molecule has 5 heteroatoms. The number of carbonyl (C=O) groups is 1. The highest BCUT2D eigenvalue weighted by Crippen LogP contribution is 1.83. The summed E-state index contributed by atoms with van der Waals surface area (Å²) < 4.78 is 4.54. The molecule has 0 rings (SSSR count). The average molecular weight is 177 g/mol. The van der Waals surface area contributed by atoms with Gasteiger partial charge in [0.05, 0.1) is 6.61 Å². The summed E-state index contributed by atoms with van der Waals surface area (Å²) in [7, 11) is 0. The van der Waals surface area contributed by atoms with Gasteiger partial charge in [0.15, 0.2) is 0 Å². The molecular formula is C7H15NO4. The Morgan fingerprint density at radius 2 is 2.33 bits per heavy atom. The maximum atomic E-state index is 10.3. The highest BCUT2D eigenvalue weighted by molar-refractivity contribution is 5.65. The van der Waals surface area contributed by atoms with Crippen molar-refractivity contribution in [3.63, 3.8) is 0 Å². The summed E-state index contributed by atoms with van der Waals surface area (Å²) in [5, 5.41) is 20.2.